The zero-order valence-corrected chi connectivity index (χ0v) is 11.7. The monoisotopic (exact) mass is 316 g/mol. The standard InChI is InChI=1S/C14H12N4O5/c19-13(20)8-23-18-12-6-10(16-21)3-4-11(12)17(22)14(18)9-2-1-5-15-7-9/h1-7,16,21H,8H2,(H,19,20). The Kier molecular flexibility index (Phi) is 3.69. The van der Waals surface area contributed by atoms with Crippen molar-refractivity contribution in [1.29, 1.82) is 0 Å². The van der Waals surface area contributed by atoms with Gasteiger partial charge in [-0.15, -0.1) is 0 Å². The lowest BCUT2D eigenvalue weighted by Gasteiger charge is -2.05. The maximum atomic E-state index is 12.6. The van der Waals surface area contributed by atoms with Gasteiger partial charge in [0, 0.05) is 18.5 Å². The third-order valence-electron chi connectivity index (χ3n) is 3.16. The average Bonchev–Trinajstić information content (AvgIpc) is 2.85. The molecule has 0 saturated heterocycles. The predicted molar refractivity (Wildman–Crippen MR) is 78.6 cm³/mol. The van der Waals surface area contributed by atoms with Crippen LogP contribution in [0.15, 0.2) is 42.7 Å². The number of fused-ring (bicyclic) bond motifs is 1. The molecule has 23 heavy (non-hydrogen) atoms. The van der Waals surface area contributed by atoms with Crippen LogP contribution in [-0.4, -0.2) is 32.6 Å². The van der Waals surface area contributed by atoms with Crippen LogP contribution in [0, 0.1) is 5.21 Å². The molecule has 2 heterocycles. The molecule has 9 heteroatoms. The number of imidazole rings is 1. The van der Waals surface area contributed by atoms with Crippen LogP contribution in [0.25, 0.3) is 22.4 Å². The van der Waals surface area contributed by atoms with Crippen molar-refractivity contribution in [3.63, 3.8) is 0 Å². The largest absolute Gasteiger partial charge is 0.710 e. The lowest BCUT2D eigenvalue weighted by Crippen LogP contribution is -2.30. The summed E-state index contributed by atoms with van der Waals surface area (Å²) in [5.74, 6) is -1.10. The Bertz CT molecular complexity index is 862. The van der Waals surface area contributed by atoms with Crippen molar-refractivity contribution in [3.8, 4) is 11.4 Å². The Morgan fingerprint density at radius 3 is 2.91 bits per heavy atom. The second-order valence-corrected chi connectivity index (χ2v) is 4.64. The molecule has 0 spiro atoms. The fourth-order valence-corrected chi connectivity index (χ4v) is 2.22. The van der Waals surface area contributed by atoms with Crippen LogP contribution < -0.4 is 15.0 Å². The normalized spacial score (nSPS) is 10.7. The number of carboxylic acid groups (broad SMARTS) is 1. The first-order valence-corrected chi connectivity index (χ1v) is 6.55. The molecule has 0 saturated carbocycles. The maximum Gasteiger partial charge on any atom is 0.346 e. The molecule has 0 unspecified atom stereocenters. The number of rotatable bonds is 5. The molecule has 0 aliphatic carbocycles. The van der Waals surface area contributed by atoms with Crippen molar-refractivity contribution < 1.29 is 24.7 Å². The first-order valence-electron chi connectivity index (χ1n) is 6.55. The van der Waals surface area contributed by atoms with Gasteiger partial charge in [0.2, 0.25) is 12.1 Å². The number of anilines is 1. The molecule has 3 N–H and O–H groups in total. The first kappa shape index (κ1) is 14.6. The molecule has 2 aromatic heterocycles. The van der Waals surface area contributed by atoms with Gasteiger partial charge >= 0.3 is 11.8 Å². The van der Waals surface area contributed by atoms with E-state index in [-0.39, 0.29) is 11.3 Å². The van der Waals surface area contributed by atoms with Gasteiger partial charge < -0.3 is 15.2 Å². The summed E-state index contributed by atoms with van der Waals surface area (Å²) >= 11 is 0. The van der Waals surface area contributed by atoms with Crippen molar-refractivity contribution in [2.75, 3.05) is 12.1 Å². The number of carboxylic acids is 1. The van der Waals surface area contributed by atoms with E-state index in [4.69, 9.17) is 15.2 Å². The Hall–Kier alpha value is -3.33. The molecular weight excluding hydrogens is 304 g/mol. The minimum atomic E-state index is -1.18. The minimum Gasteiger partial charge on any atom is -0.710 e. The summed E-state index contributed by atoms with van der Waals surface area (Å²) in [6.45, 7) is -0.631. The molecule has 3 aromatic rings. The van der Waals surface area contributed by atoms with E-state index in [1.54, 1.807) is 18.3 Å². The van der Waals surface area contributed by atoms with E-state index in [2.05, 4.69) is 4.98 Å². The highest BCUT2D eigenvalue weighted by atomic mass is 16.7. The van der Waals surface area contributed by atoms with Crippen molar-refractivity contribution in [3.05, 3.63) is 47.9 Å². The summed E-state index contributed by atoms with van der Waals surface area (Å²) in [4.78, 5) is 20.0. The number of nitrogens with one attached hydrogen (secondary N) is 1. The molecule has 0 amide bonds. The third-order valence-corrected chi connectivity index (χ3v) is 3.16. The molecule has 0 aliphatic heterocycles. The van der Waals surface area contributed by atoms with Crippen molar-refractivity contribution >= 4 is 22.7 Å². The number of carbonyl (C=O) groups is 1. The van der Waals surface area contributed by atoms with Crippen LogP contribution in [0.5, 0.6) is 0 Å². The molecule has 0 fully saturated rings. The Labute approximate surface area is 129 Å². The second kappa shape index (κ2) is 5.81. The zero-order chi connectivity index (χ0) is 16.4. The molecular formula is C14H12N4O5. The fraction of sp³-hybridized carbons (Fsp3) is 0.0714. The van der Waals surface area contributed by atoms with E-state index in [0.717, 1.165) is 4.73 Å². The highest BCUT2D eigenvalue weighted by molar-refractivity contribution is 5.79. The number of hydrogen-bond acceptors (Lipinski definition) is 6. The summed E-state index contributed by atoms with van der Waals surface area (Å²) < 4.78 is 1.74. The van der Waals surface area contributed by atoms with Gasteiger partial charge in [-0.05, 0) is 29.0 Å². The molecule has 0 bridgehead atoms. The SMILES string of the molecule is O=C(O)COn1c(-c2cccnc2)[n+]([O-])c2ccc(NO)cc21. The Morgan fingerprint density at radius 1 is 1.43 bits per heavy atom. The second-order valence-electron chi connectivity index (χ2n) is 4.64. The van der Waals surface area contributed by atoms with E-state index in [9.17, 15) is 10.0 Å². The Morgan fingerprint density at radius 2 is 2.26 bits per heavy atom. The van der Waals surface area contributed by atoms with Gasteiger partial charge in [-0.1, -0.05) is 0 Å². The number of nitrogens with zero attached hydrogens (tertiary/aromatic N) is 3. The van der Waals surface area contributed by atoms with E-state index in [1.807, 2.05) is 5.48 Å². The highest BCUT2D eigenvalue weighted by Gasteiger charge is 2.26. The van der Waals surface area contributed by atoms with Gasteiger partial charge in [-0.3, -0.25) is 15.7 Å². The number of pyridine rings is 1. The quantitative estimate of drug-likeness (QED) is 0.359. The van der Waals surface area contributed by atoms with E-state index in [1.165, 1.54) is 24.4 Å². The van der Waals surface area contributed by atoms with Gasteiger partial charge in [0.05, 0.1) is 11.3 Å². The molecule has 0 radical (unpaired) electrons. The molecule has 0 aliphatic rings. The van der Waals surface area contributed by atoms with Crippen LogP contribution in [0.4, 0.5) is 5.69 Å². The van der Waals surface area contributed by atoms with E-state index < -0.39 is 12.6 Å². The predicted octanol–water partition coefficient (Wildman–Crippen LogP) is 0.651. The number of benzene rings is 1. The first-order chi connectivity index (χ1) is 11.1. The van der Waals surface area contributed by atoms with Crippen LogP contribution in [-0.2, 0) is 4.79 Å². The lowest BCUT2D eigenvalue weighted by molar-refractivity contribution is -0.567. The maximum absolute atomic E-state index is 12.6. The van der Waals surface area contributed by atoms with Gasteiger partial charge in [-0.25, -0.2) is 9.52 Å². The van der Waals surface area contributed by atoms with Crippen molar-refractivity contribution in [1.82, 2.24) is 9.71 Å². The van der Waals surface area contributed by atoms with E-state index in [0.29, 0.717) is 21.5 Å². The highest BCUT2D eigenvalue weighted by Crippen LogP contribution is 2.23. The molecule has 0 atom stereocenters. The summed E-state index contributed by atoms with van der Waals surface area (Å²) in [6.07, 6.45) is 3.02. The summed E-state index contributed by atoms with van der Waals surface area (Å²) in [6, 6.07) is 7.76. The van der Waals surface area contributed by atoms with E-state index >= 15 is 0 Å². The molecule has 1 aromatic carbocycles. The van der Waals surface area contributed by atoms with Crippen LogP contribution in [0.3, 0.4) is 0 Å². The zero-order valence-electron chi connectivity index (χ0n) is 11.7. The molecule has 3 rings (SSSR count). The number of hydrogen-bond donors (Lipinski definition) is 3. The lowest BCUT2D eigenvalue weighted by atomic mass is 10.3. The number of aliphatic carboxylic acids is 1. The van der Waals surface area contributed by atoms with Gasteiger partial charge in [-0.2, -0.15) is 0 Å². The molecule has 118 valence electrons. The fourth-order valence-electron chi connectivity index (χ4n) is 2.22. The van der Waals surface area contributed by atoms with Crippen LogP contribution in [0.1, 0.15) is 0 Å². The Balaban J connectivity index is 2.26. The average molecular weight is 316 g/mol. The van der Waals surface area contributed by atoms with Gasteiger partial charge in [0.15, 0.2) is 5.52 Å². The van der Waals surface area contributed by atoms with Gasteiger partial charge in [0.1, 0.15) is 0 Å². The summed E-state index contributed by atoms with van der Waals surface area (Å²) in [7, 11) is 0. The van der Waals surface area contributed by atoms with Crippen molar-refractivity contribution in [2.24, 2.45) is 0 Å². The minimum absolute atomic E-state index is 0.0874. The summed E-state index contributed by atoms with van der Waals surface area (Å²) in [5, 5.41) is 30.4. The van der Waals surface area contributed by atoms with Crippen LogP contribution >= 0.6 is 0 Å². The van der Waals surface area contributed by atoms with Gasteiger partial charge in [0.25, 0.3) is 0 Å². The van der Waals surface area contributed by atoms with Crippen molar-refractivity contribution in [2.45, 2.75) is 0 Å². The smallest absolute Gasteiger partial charge is 0.346 e. The topological polar surface area (TPSA) is 124 Å². The molecule has 9 nitrogen and oxygen atoms in total. The number of aromatic nitrogens is 3. The summed E-state index contributed by atoms with van der Waals surface area (Å²) in [5.41, 5.74) is 3.32. The van der Waals surface area contributed by atoms with Crippen LogP contribution in [0.2, 0.25) is 0 Å². The third kappa shape index (κ3) is 2.60.